The molecule has 0 aliphatic heterocycles. The Morgan fingerprint density at radius 2 is 0.677 bits per heavy atom. The molecule has 3 N–H and O–H groups in total. The molecule has 0 fully saturated rings. The van der Waals surface area contributed by atoms with Gasteiger partial charge >= 0.3 is 13.8 Å². The lowest BCUT2D eigenvalue weighted by Crippen LogP contribution is -2.28. The molecule has 0 aliphatic rings. The number of carbonyl (C=O) groups excluding carboxylic acids is 1. The van der Waals surface area contributed by atoms with Gasteiger partial charge in [0.05, 0.1) is 19.8 Å². The van der Waals surface area contributed by atoms with E-state index in [0.717, 1.165) is 32.1 Å². The van der Waals surface area contributed by atoms with Crippen molar-refractivity contribution in [2.24, 2.45) is 5.73 Å². The van der Waals surface area contributed by atoms with Crippen LogP contribution in [0.3, 0.4) is 0 Å². The summed E-state index contributed by atoms with van der Waals surface area (Å²) in [6.07, 6.45) is 61.6. The van der Waals surface area contributed by atoms with Crippen LogP contribution < -0.4 is 5.73 Å². The van der Waals surface area contributed by atoms with E-state index in [2.05, 4.69) is 13.8 Å². The van der Waals surface area contributed by atoms with E-state index in [1.807, 2.05) is 0 Å². The number of hydrogen-bond donors (Lipinski definition) is 2. The van der Waals surface area contributed by atoms with Gasteiger partial charge in [-0.05, 0) is 12.8 Å². The first-order valence-corrected chi connectivity index (χ1v) is 30.5. The van der Waals surface area contributed by atoms with E-state index in [-0.39, 0.29) is 32.3 Å². The number of hydrogen-bond acceptors (Lipinski definition) is 7. The molecule has 0 spiro atoms. The lowest BCUT2D eigenvalue weighted by atomic mass is 10.0. The maximum Gasteiger partial charge on any atom is 0.472 e. The number of phosphoric ester groups is 1. The van der Waals surface area contributed by atoms with E-state index >= 15 is 0 Å². The van der Waals surface area contributed by atoms with Gasteiger partial charge in [-0.25, -0.2) is 4.57 Å². The first kappa shape index (κ1) is 64.5. The summed E-state index contributed by atoms with van der Waals surface area (Å²) in [5.74, 6) is -0.319. The largest absolute Gasteiger partial charge is 0.472 e. The Morgan fingerprint density at radius 3 is 0.969 bits per heavy atom. The van der Waals surface area contributed by atoms with E-state index in [9.17, 15) is 14.3 Å². The van der Waals surface area contributed by atoms with Crippen molar-refractivity contribution in [1.82, 2.24) is 0 Å². The van der Waals surface area contributed by atoms with Crippen LogP contribution in [0.1, 0.15) is 316 Å². The van der Waals surface area contributed by atoms with Crippen molar-refractivity contribution < 1.29 is 32.8 Å². The Bertz CT molecular complexity index is 971. The zero-order valence-corrected chi connectivity index (χ0v) is 44.7. The Hall–Kier alpha value is -0.500. The van der Waals surface area contributed by atoms with Crippen LogP contribution in [-0.4, -0.2) is 49.9 Å². The normalized spacial score (nSPS) is 13.1. The van der Waals surface area contributed by atoms with E-state index in [0.29, 0.717) is 13.0 Å². The second-order valence-electron chi connectivity index (χ2n) is 19.9. The quantitative estimate of drug-likeness (QED) is 0.0352. The van der Waals surface area contributed by atoms with Crippen LogP contribution in [0.15, 0.2) is 0 Å². The fourth-order valence-electron chi connectivity index (χ4n) is 9.00. The molecule has 0 heterocycles. The molecule has 0 saturated carbocycles. The van der Waals surface area contributed by atoms with E-state index in [4.69, 9.17) is 24.3 Å². The van der Waals surface area contributed by atoms with Gasteiger partial charge in [-0.2, -0.15) is 0 Å². The van der Waals surface area contributed by atoms with E-state index in [1.54, 1.807) is 0 Å². The third-order valence-electron chi connectivity index (χ3n) is 13.3. The van der Waals surface area contributed by atoms with Gasteiger partial charge in [0, 0.05) is 19.6 Å². The minimum Gasteiger partial charge on any atom is -0.457 e. The highest BCUT2D eigenvalue weighted by Gasteiger charge is 2.25. The lowest BCUT2D eigenvalue weighted by molar-refractivity contribution is -0.154. The second-order valence-corrected chi connectivity index (χ2v) is 21.3. The van der Waals surface area contributed by atoms with Crippen LogP contribution in [-0.2, 0) is 27.9 Å². The molecule has 0 aromatic heterocycles. The molecular weight excluding hydrogens is 830 g/mol. The SMILES string of the molecule is CCCCCCCCCCCCCCCCCCCCCCCCCCC(=O)OC(COCCCCCCCCCCCCCCCCCCCCCCCC)COP(=O)(O)OCCN. The molecular formula is C56H114NO7P. The first-order chi connectivity index (χ1) is 31.9. The smallest absolute Gasteiger partial charge is 0.457 e. The van der Waals surface area contributed by atoms with Crippen LogP contribution in [0.2, 0.25) is 0 Å². The fraction of sp³-hybridized carbons (Fsp3) is 0.982. The molecule has 0 saturated heterocycles. The Kier molecular flexibility index (Phi) is 54.0. The average Bonchev–Trinajstić information content (AvgIpc) is 3.30. The predicted molar refractivity (Wildman–Crippen MR) is 280 cm³/mol. The summed E-state index contributed by atoms with van der Waals surface area (Å²) < 4.78 is 33.7. The van der Waals surface area contributed by atoms with Crippen molar-refractivity contribution in [3.8, 4) is 0 Å². The van der Waals surface area contributed by atoms with Gasteiger partial charge in [-0.1, -0.05) is 296 Å². The Balaban J connectivity index is 3.81. The zero-order valence-electron chi connectivity index (χ0n) is 43.8. The van der Waals surface area contributed by atoms with E-state index in [1.165, 1.54) is 263 Å². The van der Waals surface area contributed by atoms with Gasteiger partial charge in [0.1, 0.15) is 6.10 Å². The van der Waals surface area contributed by atoms with Gasteiger partial charge < -0.3 is 20.1 Å². The van der Waals surface area contributed by atoms with Crippen LogP contribution in [0.4, 0.5) is 0 Å². The number of nitrogens with two attached hydrogens (primary N) is 1. The van der Waals surface area contributed by atoms with Crippen LogP contribution in [0, 0.1) is 0 Å². The van der Waals surface area contributed by atoms with Gasteiger partial charge in [0.15, 0.2) is 0 Å². The molecule has 8 nitrogen and oxygen atoms in total. The summed E-state index contributed by atoms with van der Waals surface area (Å²) in [4.78, 5) is 22.7. The highest BCUT2D eigenvalue weighted by Crippen LogP contribution is 2.43. The molecule has 390 valence electrons. The second kappa shape index (κ2) is 54.4. The van der Waals surface area contributed by atoms with Crippen molar-refractivity contribution in [2.75, 3.05) is 33.0 Å². The van der Waals surface area contributed by atoms with Crippen LogP contribution in [0.25, 0.3) is 0 Å². The van der Waals surface area contributed by atoms with Crippen molar-refractivity contribution in [3.05, 3.63) is 0 Å². The molecule has 0 radical (unpaired) electrons. The van der Waals surface area contributed by atoms with Gasteiger partial charge in [0.25, 0.3) is 0 Å². The van der Waals surface area contributed by atoms with Crippen molar-refractivity contribution in [1.29, 1.82) is 0 Å². The minimum absolute atomic E-state index is 0.0895. The van der Waals surface area contributed by atoms with Gasteiger partial charge in [-0.3, -0.25) is 13.8 Å². The summed E-state index contributed by atoms with van der Waals surface area (Å²) in [6, 6.07) is 0. The number of rotatable bonds is 57. The third kappa shape index (κ3) is 54.3. The summed E-state index contributed by atoms with van der Waals surface area (Å²) in [5.41, 5.74) is 5.40. The number of phosphoric acid groups is 1. The molecule has 0 aliphatic carbocycles. The molecule has 2 unspecified atom stereocenters. The first-order valence-electron chi connectivity index (χ1n) is 29.0. The minimum atomic E-state index is -4.28. The monoisotopic (exact) mass is 944 g/mol. The van der Waals surface area contributed by atoms with Crippen LogP contribution in [0.5, 0.6) is 0 Å². The highest BCUT2D eigenvalue weighted by atomic mass is 31.2. The molecule has 0 rings (SSSR count). The number of carbonyl (C=O) groups is 1. The van der Waals surface area contributed by atoms with Crippen LogP contribution >= 0.6 is 7.82 Å². The summed E-state index contributed by atoms with van der Waals surface area (Å²) >= 11 is 0. The summed E-state index contributed by atoms with van der Waals surface area (Å²) in [7, 11) is -4.28. The highest BCUT2D eigenvalue weighted by molar-refractivity contribution is 7.47. The zero-order chi connectivity index (χ0) is 47.3. The lowest BCUT2D eigenvalue weighted by Gasteiger charge is -2.20. The van der Waals surface area contributed by atoms with Gasteiger partial charge in [-0.15, -0.1) is 0 Å². The summed E-state index contributed by atoms with van der Waals surface area (Å²) in [5, 5.41) is 0. The van der Waals surface area contributed by atoms with Crippen molar-refractivity contribution in [2.45, 2.75) is 322 Å². The molecule has 0 amide bonds. The Labute approximate surface area is 405 Å². The molecule has 65 heavy (non-hydrogen) atoms. The maximum atomic E-state index is 12.7. The molecule has 0 aromatic carbocycles. The van der Waals surface area contributed by atoms with Gasteiger partial charge in [0.2, 0.25) is 0 Å². The standard InChI is InChI=1S/C56H114NO7P/c1-3-5-7-9-11-13-15-17-19-21-23-25-27-28-29-31-33-35-37-39-41-43-45-47-49-56(58)64-55(54-63-65(59,60)62-52-50-57)53-61-51-48-46-44-42-40-38-36-34-32-30-26-24-22-20-18-16-14-12-10-8-6-4-2/h55H,3-54,57H2,1-2H3,(H,59,60). The number of ether oxygens (including phenoxy) is 2. The number of esters is 1. The predicted octanol–water partition coefficient (Wildman–Crippen LogP) is 18.4. The number of unbranched alkanes of at least 4 members (excludes halogenated alkanes) is 44. The molecule has 2 atom stereocenters. The summed E-state index contributed by atoms with van der Waals surface area (Å²) in [6.45, 7) is 5.03. The third-order valence-corrected chi connectivity index (χ3v) is 14.3. The van der Waals surface area contributed by atoms with E-state index < -0.39 is 13.9 Å². The average molecular weight is 945 g/mol. The fourth-order valence-corrected chi connectivity index (χ4v) is 9.77. The van der Waals surface area contributed by atoms with Crippen molar-refractivity contribution in [3.63, 3.8) is 0 Å². The van der Waals surface area contributed by atoms with Crippen molar-refractivity contribution >= 4 is 13.8 Å². The molecule has 9 heteroatoms. The maximum absolute atomic E-state index is 12.7. The molecule has 0 bridgehead atoms. The molecule has 0 aromatic rings. The topological polar surface area (TPSA) is 117 Å². The Morgan fingerprint density at radius 1 is 0.400 bits per heavy atom.